The molecule has 6 nitrogen and oxygen atoms in total. The molecule has 3 aromatic rings. The largest absolute Gasteiger partial charge is 0.364 e. The molecule has 0 radical (unpaired) electrons. The molecule has 0 aliphatic carbocycles. The Morgan fingerprint density at radius 3 is 3.00 bits per heavy atom. The summed E-state index contributed by atoms with van der Waals surface area (Å²) >= 11 is 1.62. The SMILES string of the molecule is COCN1c2cc(-c3cnc[nH]3)ccc2Sc2nccnc21. The highest BCUT2D eigenvalue weighted by Gasteiger charge is 2.25. The molecule has 4 rings (SSSR count). The second kappa shape index (κ2) is 5.43. The van der Waals surface area contributed by atoms with Crippen LogP contribution >= 0.6 is 11.8 Å². The van der Waals surface area contributed by atoms with Crippen molar-refractivity contribution in [2.45, 2.75) is 9.92 Å². The molecular weight excluding hydrogens is 298 g/mol. The van der Waals surface area contributed by atoms with Gasteiger partial charge in [0.05, 0.1) is 23.9 Å². The van der Waals surface area contributed by atoms with Crippen LogP contribution in [-0.2, 0) is 4.74 Å². The number of aromatic nitrogens is 4. The Labute approximate surface area is 131 Å². The molecule has 1 aliphatic heterocycles. The number of nitrogens with zero attached hydrogens (tertiary/aromatic N) is 4. The third-order valence-electron chi connectivity index (χ3n) is 3.43. The van der Waals surface area contributed by atoms with Crippen molar-refractivity contribution in [1.82, 2.24) is 19.9 Å². The van der Waals surface area contributed by atoms with Gasteiger partial charge in [0, 0.05) is 30.0 Å². The fourth-order valence-corrected chi connectivity index (χ4v) is 3.43. The van der Waals surface area contributed by atoms with Gasteiger partial charge in [0.2, 0.25) is 0 Å². The van der Waals surface area contributed by atoms with E-state index in [1.165, 1.54) is 0 Å². The van der Waals surface area contributed by atoms with Crippen LogP contribution in [0.3, 0.4) is 0 Å². The Balaban J connectivity index is 1.84. The minimum absolute atomic E-state index is 0.422. The molecule has 1 N–H and O–H groups in total. The van der Waals surface area contributed by atoms with Crippen molar-refractivity contribution in [1.29, 1.82) is 0 Å². The second-order valence-corrected chi connectivity index (χ2v) is 5.81. The summed E-state index contributed by atoms with van der Waals surface area (Å²) in [5, 5.41) is 0.890. The van der Waals surface area contributed by atoms with E-state index in [2.05, 4.69) is 38.1 Å². The standard InChI is InChI=1S/C15H13N5OS/c1-21-9-20-12-6-10(11-7-16-8-19-11)2-3-13(12)22-15-14(20)17-4-5-18-15/h2-8H,9H2,1H3,(H,16,19). The van der Waals surface area contributed by atoms with Gasteiger partial charge in [-0.15, -0.1) is 0 Å². The van der Waals surface area contributed by atoms with Crippen LogP contribution in [0.2, 0.25) is 0 Å². The predicted octanol–water partition coefficient (Wildman–Crippen LogP) is 3.07. The Kier molecular flexibility index (Phi) is 3.28. The van der Waals surface area contributed by atoms with E-state index >= 15 is 0 Å². The van der Waals surface area contributed by atoms with Gasteiger partial charge in [-0.3, -0.25) is 4.90 Å². The van der Waals surface area contributed by atoms with Gasteiger partial charge < -0.3 is 9.72 Å². The third kappa shape index (κ3) is 2.15. The molecule has 0 amide bonds. The lowest BCUT2D eigenvalue weighted by Gasteiger charge is -2.30. The number of aromatic amines is 1. The van der Waals surface area contributed by atoms with Crippen LogP contribution in [0.15, 0.2) is 53.0 Å². The number of fused-ring (bicyclic) bond motifs is 2. The van der Waals surface area contributed by atoms with Crippen molar-refractivity contribution in [3.05, 3.63) is 43.1 Å². The van der Waals surface area contributed by atoms with E-state index < -0.39 is 0 Å². The molecule has 0 fully saturated rings. The van der Waals surface area contributed by atoms with Crippen LogP contribution < -0.4 is 4.90 Å². The maximum absolute atomic E-state index is 5.35. The zero-order valence-corrected chi connectivity index (χ0v) is 12.7. The van der Waals surface area contributed by atoms with E-state index in [9.17, 15) is 0 Å². The van der Waals surface area contributed by atoms with Crippen molar-refractivity contribution >= 4 is 23.3 Å². The molecule has 0 spiro atoms. The van der Waals surface area contributed by atoms with Gasteiger partial charge in [0.15, 0.2) is 5.82 Å². The van der Waals surface area contributed by atoms with E-state index in [1.54, 1.807) is 37.6 Å². The molecule has 110 valence electrons. The van der Waals surface area contributed by atoms with Crippen LogP contribution in [-0.4, -0.2) is 33.8 Å². The minimum atomic E-state index is 0.422. The first-order valence-electron chi connectivity index (χ1n) is 6.75. The molecule has 0 saturated heterocycles. The summed E-state index contributed by atoms with van der Waals surface area (Å²) < 4.78 is 5.35. The van der Waals surface area contributed by atoms with Crippen LogP contribution in [0.1, 0.15) is 0 Å². The van der Waals surface area contributed by atoms with Crippen LogP contribution in [0, 0.1) is 0 Å². The van der Waals surface area contributed by atoms with Gasteiger partial charge in [-0.25, -0.2) is 15.0 Å². The molecule has 2 aromatic heterocycles. The fourth-order valence-electron chi connectivity index (χ4n) is 2.45. The number of imidazole rings is 1. The number of ether oxygens (including phenoxy) is 1. The van der Waals surface area contributed by atoms with Crippen LogP contribution in [0.4, 0.5) is 11.5 Å². The number of hydrogen-bond acceptors (Lipinski definition) is 6. The Hall–Kier alpha value is -2.38. The van der Waals surface area contributed by atoms with Gasteiger partial charge in [-0.1, -0.05) is 17.8 Å². The number of rotatable bonds is 3. The number of methoxy groups -OCH3 is 1. The average molecular weight is 311 g/mol. The average Bonchev–Trinajstić information content (AvgIpc) is 3.09. The first kappa shape index (κ1) is 13.3. The molecular formula is C15H13N5OS. The lowest BCUT2D eigenvalue weighted by Crippen LogP contribution is -2.24. The molecule has 1 aliphatic rings. The first-order chi connectivity index (χ1) is 10.9. The number of hydrogen-bond donors (Lipinski definition) is 1. The molecule has 0 unspecified atom stereocenters. The van der Waals surface area contributed by atoms with E-state index in [0.29, 0.717) is 6.73 Å². The molecule has 0 saturated carbocycles. The highest BCUT2D eigenvalue weighted by molar-refractivity contribution is 7.99. The van der Waals surface area contributed by atoms with E-state index in [-0.39, 0.29) is 0 Å². The van der Waals surface area contributed by atoms with Crippen molar-refractivity contribution in [2.75, 3.05) is 18.7 Å². The summed E-state index contributed by atoms with van der Waals surface area (Å²) in [7, 11) is 1.68. The number of anilines is 2. The normalized spacial score (nSPS) is 12.9. The minimum Gasteiger partial charge on any atom is -0.364 e. The van der Waals surface area contributed by atoms with Crippen molar-refractivity contribution < 1.29 is 4.74 Å². The summed E-state index contributed by atoms with van der Waals surface area (Å²) in [4.78, 5) is 19.2. The number of benzene rings is 1. The summed E-state index contributed by atoms with van der Waals surface area (Å²) in [6.07, 6.45) is 6.90. The number of H-pyrrole nitrogens is 1. The topological polar surface area (TPSA) is 66.9 Å². The first-order valence-corrected chi connectivity index (χ1v) is 7.56. The Morgan fingerprint density at radius 2 is 2.18 bits per heavy atom. The lowest BCUT2D eigenvalue weighted by molar-refractivity contribution is 0.205. The van der Waals surface area contributed by atoms with Crippen LogP contribution in [0.5, 0.6) is 0 Å². The van der Waals surface area contributed by atoms with Crippen molar-refractivity contribution in [3.63, 3.8) is 0 Å². The molecule has 1 aromatic carbocycles. The van der Waals surface area contributed by atoms with Gasteiger partial charge in [0.25, 0.3) is 0 Å². The Bertz CT molecular complexity index is 805. The zero-order chi connectivity index (χ0) is 14.9. The van der Waals surface area contributed by atoms with Crippen molar-refractivity contribution in [2.24, 2.45) is 0 Å². The monoisotopic (exact) mass is 311 g/mol. The highest BCUT2D eigenvalue weighted by atomic mass is 32.2. The maximum atomic E-state index is 5.35. The van der Waals surface area contributed by atoms with Gasteiger partial charge in [-0.2, -0.15) is 0 Å². The smallest absolute Gasteiger partial charge is 0.168 e. The van der Waals surface area contributed by atoms with Gasteiger partial charge in [-0.05, 0) is 12.1 Å². The fraction of sp³-hybridized carbons (Fsp3) is 0.133. The molecule has 22 heavy (non-hydrogen) atoms. The van der Waals surface area contributed by atoms with Crippen molar-refractivity contribution in [3.8, 4) is 11.3 Å². The molecule has 0 atom stereocenters. The van der Waals surface area contributed by atoms with E-state index in [0.717, 1.165) is 32.7 Å². The van der Waals surface area contributed by atoms with Gasteiger partial charge >= 0.3 is 0 Å². The Morgan fingerprint density at radius 1 is 1.27 bits per heavy atom. The molecule has 7 heteroatoms. The quantitative estimate of drug-likeness (QED) is 0.802. The molecule has 3 heterocycles. The third-order valence-corrected chi connectivity index (χ3v) is 4.47. The summed E-state index contributed by atoms with van der Waals surface area (Å²) in [5.74, 6) is 0.823. The van der Waals surface area contributed by atoms with Crippen LogP contribution in [0.25, 0.3) is 11.3 Å². The molecule has 0 bridgehead atoms. The predicted molar refractivity (Wildman–Crippen MR) is 84.2 cm³/mol. The highest BCUT2D eigenvalue weighted by Crippen LogP contribution is 2.46. The van der Waals surface area contributed by atoms with E-state index in [4.69, 9.17) is 4.74 Å². The summed E-state index contributed by atoms with van der Waals surface area (Å²) in [6, 6.07) is 6.29. The zero-order valence-electron chi connectivity index (χ0n) is 11.9. The number of nitrogens with one attached hydrogen (secondary N) is 1. The van der Waals surface area contributed by atoms with Gasteiger partial charge in [0.1, 0.15) is 11.8 Å². The summed E-state index contributed by atoms with van der Waals surface area (Å²) in [5.41, 5.74) is 3.12. The maximum Gasteiger partial charge on any atom is 0.168 e. The second-order valence-electron chi connectivity index (χ2n) is 4.78. The lowest BCUT2D eigenvalue weighted by atomic mass is 10.1. The summed E-state index contributed by atoms with van der Waals surface area (Å²) in [6.45, 7) is 0.422. The van der Waals surface area contributed by atoms with E-state index in [1.807, 2.05) is 11.1 Å².